The number of aromatic nitrogens is 4. The Bertz CT molecular complexity index is 3320. The van der Waals surface area contributed by atoms with Gasteiger partial charge >= 0.3 is 18.2 Å². The Hall–Kier alpha value is -8.11. The summed E-state index contributed by atoms with van der Waals surface area (Å²) in [6.45, 7) is -0.158. The molecule has 0 unspecified atom stereocenters. The fourth-order valence-corrected chi connectivity index (χ4v) is 7.59. The van der Waals surface area contributed by atoms with Gasteiger partial charge in [0.05, 0.1) is 28.7 Å². The number of benzene rings is 4. The molecule has 4 N–H and O–H groups in total. The summed E-state index contributed by atoms with van der Waals surface area (Å²) >= 11 is 11.9. The van der Waals surface area contributed by atoms with Crippen LogP contribution in [0.15, 0.2) is 163 Å². The third-order valence-electron chi connectivity index (χ3n) is 11.5. The molecule has 8 aromatic rings. The van der Waals surface area contributed by atoms with Crippen LogP contribution in [0.1, 0.15) is 33.0 Å². The van der Waals surface area contributed by atoms with Crippen molar-refractivity contribution >= 4 is 102 Å². The van der Waals surface area contributed by atoms with Crippen LogP contribution in [0, 0.1) is 11.6 Å². The van der Waals surface area contributed by atoms with Gasteiger partial charge in [0.25, 0.3) is 5.91 Å². The molecular formula is C54H54Cl2F2N12O6S2. The molecule has 4 aromatic carbocycles. The molecular weight excluding hydrogens is 1090 g/mol. The van der Waals surface area contributed by atoms with Gasteiger partial charge in [-0.25, -0.2) is 28.1 Å². The van der Waals surface area contributed by atoms with E-state index in [-0.39, 0.29) is 75.1 Å². The highest BCUT2D eigenvalue weighted by molar-refractivity contribution is 7.59. The Morgan fingerprint density at radius 1 is 0.654 bits per heavy atom. The topological polar surface area (TPSA) is 241 Å². The summed E-state index contributed by atoms with van der Waals surface area (Å²) in [5.74, 6) is -1.40. The molecule has 0 spiro atoms. The molecule has 6 amide bonds. The number of ether oxygens (including phenoxy) is 1. The number of halogens is 4. The van der Waals surface area contributed by atoms with Crippen molar-refractivity contribution in [2.24, 2.45) is 5.11 Å². The largest absolute Gasteiger partial charge is 0.447 e. The van der Waals surface area contributed by atoms with Crippen LogP contribution >= 0.6 is 50.2 Å². The first-order valence-electron chi connectivity index (χ1n) is 23.2. The smallest absolute Gasteiger partial charge is 0.412 e. The minimum atomic E-state index is -0.700. The zero-order chi connectivity index (χ0) is 54.4. The van der Waals surface area contributed by atoms with E-state index >= 15 is 0 Å². The normalized spacial score (nSPS) is 11.0. The number of carbonyl (C=O) groups excluding carboxylic acids is 4. The Labute approximate surface area is 471 Å². The lowest BCUT2D eigenvalue weighted by Crippen LogP contribution is -2.47. The first-order valence-corrected chi connectivity index (χ1v) is 24.0. The van der Waals surface area contributed by atoms with E-state index in [1.54, 1.807) is 75.3 Å². The molecule has 0 saturated heterocycles. The number of urea groups is 2. The molecule has 0 aliphatic rings. The molecule has 18 nitrogen and oxygen atoms in total. The fourth-order valence-electron chi connectivity index (χ4n) is 7.20. The van der Waals surface area contributed by atoms with Crippen LogP contribution < -0.4 is 16.0 Å². The zero-order valence-corrected chi connectivity index (χ0v) is 45.4. The van der Waals surface area contributed by atoms with Crippen LogP contribution in [0.4, 0.5) is 29.0 Å². The Balaban J connectivity index is 0.000000274. The second kappa shape index (κ2) is 31.8. The summed E-state index contributed by atoms with van der Waals surface area (Å²) in [5.41, 5.74) is 10.7. The molecule has 406 valence electrons. The van der Waals surface area contributed by atoms with Crippen molar-refractivity contribution in [3.8, 4) is 0 Å². The molecule has 0 saturated carbocycles. The van der Waals surface area contributed by atoms with Crippen LogP contribution in [0.3, 0.4) is 0 Å². The predicted octanol–water partition coefficient (Wildman–Crippen LogP) is 11.0. The van der Waals surface area contributed by atoms with Crippen LogP contribution in [0.25, 0.3) is 32.0 Å². The van der Waals surface area contributed by atoms with Crippen molar-refractivity contribution in [3.63, 3.8) is 0 Å². The molecule has 24 heteroatoms. The molecule has 0 radical (unpaired) electrons. The standard InChI is InChI=1S/C27H25ClFN5O3.C17H19ClFN3O2.C10H6N4O.2H2S/c1-34(26(35)32-16-20-9-6-11-23(29)25(20)28)22(14-21-10-4-5-12-30-21)17-37-27(36)33-24-13-18-7-2-3-8-19(18)15-31-24;1-22(14(11-23)9-13-6-2-3-8-20-13)17(24)21-10-12-5-4-7-15(19)16(12)18;11-14-13-10(15)9-5-7-3-1-2-4-8(7)6-12-9;;/h2-13,15,22H,14,16-17H2,1H3,(H,32,35)(H,31,33,36);2-8,14,23H,9-11H2,1H3,(H,21,24);1-6H;2*1H2/t22-;14-;;;/m00.../s1. The molecule has 0 fully saturated rings. The number of carbonyl (C=O) groups is 4. The summed E-state index contributed by atoms with van der Waals surface area (Å²) in [4.78, 5) is 70.8. The van der Waals surface area contributed by atoms with E-state index in [0.29, 0.717) is 29.8 Å². The third-order valence-corrected chi connectivity index (χ3v) is 12.3. The number of fused-ring (bicyclic) bond motifs is 2. The van der Waals surface area contributed by atoms with Crippen LogP contribution in [-0.2, 0) is 30.7 Å². The van der Waals surface area contributed by atoms with Crippen molar-refractivity contribution in [3.05, 3.63) is 219 Å². The highest BCUT2D eigenvalue weighted by Gasteiger charge is 2.24. The average Bonchev–Trinajstić information content (AvgIpc) is 3.44. The highest BCUT2D eigenvalue weighted by atomic mass is 35.5. The molecule has 78 heavy (non-hydrogen) atoms. The second-order valence-electron chi connectivity index (χ2n) is 16.6. The van der Waals surface area contributed by atoms with Gasteiger partial charge in [0, 0.05) is 91.9 Å². The first kappa shape index (κ1) is 62.4. The number of anilines is 1. The number of hydrogen-bond donors (Lipinski definition) is 4. The van der Waals surface area contributed by atoms with Gasteiger partial charge in [-0.3, -0.25) is 25.1 Å². The van der Waals surface area contributed by atoms with Crippen molar-refractivity contribution in [1.82, 2.24) is 40.4 Å². The number of azide groups is 1. The molecule has 2 atom stereocenters. The SMILES string of the molecule is CN(C(=O)NCc1cccc(F)c1Cl)[C@H](CO)Cc1ccccn1.CN(C(=O)NCc1cccc(F)c1Cl)[C@H](COC(=O)Nc1cc2ccccc2cn1)Cc1ccccn1.S.S.[N-]=[N+]=NC(=O)c1cc2ccccc2cn1. The second-order valence-corrected chi connectivity index (χ2v) is 17.3. The van der Waals surface area contributed by atoms with Gasteiger partial charge in [-0.05, 0) is 81.1 Å². The van der Waals surface area contributed by atoms with Gasteiger partial charge in [-0.1, -0.05) is 108 Å². The highest BCUT2D eigenvalue weighted by Crippen LogP contribution is 2.22. The van der Waals surface area contributed by atoms with Gasteiger partial charge < -0.3 is 30.3 Å². The maximum absolute atomic E-state index is 13.7. The quantitative estimate of drug-likeness (QED) is 0.0430. The van der Waals surface area contributed by atoms with Gasteiger partial charge in [0.1, 0.15) is 29.8 Å². The summed E-state index contributed by atoms with van der Waals surface area (Å²) in [6.07, 6.45) is 6.63. The minimum Gasteiger partial charge on any atom is -0.447 e. The molecule has 4 heterocycles. The van der Waals surface area contributed by atoms with E-state index in [4.69, 9.17) is 33.5 Å². The monoisotopic (exact) mass is 1140 g/mol. The summed E-state index contributed by atoms with van der Waals surface area (Å²) in [5, 5.41) is 24.2. The number of aliphatic hydroxyl groups excluding tert-OH is 1. The van der Waals surface area contributed by atoms with Gasteiger partial charge in [0.15, 0.2) is 0 Å². The van der Waals surface area contributed by atoms with Crippen LogP contribution in [0.2, 0.25) is 10.0 Å². The zero-order valence-electron chi connectivity index (χ0n) is 41.9. The molecule has 0 aliphatic carbocycles. The van der Waals surface area contributed by atoms with E-state index in [0.717, 1.165) is 32.9 Å². The van der Waals surface area contributed by atoms with Gasteiger partial charge in [0.2, 0.25) is 0 Å². The van der Waals surface area contributed by atoms with E-state index in [9.17, 15) is 33.1 Å². The number of pyridine rings is 4. The average molecular weight is 1140 g/mol. The van der Waals surface area contributed by atoms with Crippen molar-refractivity contribution in [1.29, 1.82) is 0 Å². The minimum absolute atomic E-state index is 0. The van der Waals surface area contributed by atoms with E-state index in [1.807, 2.05) is 72.8 Å². The first-order chi connectivity index (χ1) is 36.7. The van der Waals surface area contributed by atoms with E-state index < -0.39 is 41.7 Å². The third kappa shape index (κ3) is 18.6. The van der Waals surface area contributed by atoms with E-state index in [2.05, 4.69) is 45.9 Å². The lowest BCUT2D eigenvalue weighted by Gasteiger charge is -2.28. The summed E-state index contributed by atoms with van der Waals surface area (Å²) in [7, 11) is 3.18. The Kier molecular flexibility index (Phi) is 25.5. The van der Waals surface area contributed by atoms with Crippen LogP contribution in [0.5, 0.6) is 0 Å². The number of amides is 6. The number of hydrogen-bond acceptors (Lipinski definition) is 10. The fraction of sp³-hybridized carbons (Fsp3) is 0.185. The maximum atomic E-state index is 13.7. The van der Waals surface area contributed by atoms with Gasteiger partial charge in [-0.15, -0.1) is 0 Å². The Morgan fingerprint density at radius 3 is 1.63 bits per heavy atom. The lowest BCUT2D eigenvalue weighted by molar-refractivity contribution is 0.0995. The number of rotatable bonds is 15. The van der Waals surface area contributed by atoms with Crippen molar-refractivity contribution < 1.29 is 37.8 Å². The molecule has 0 bridgehead atoms. The summed E-state index contributed by atoms with van der Waals surface area (Å²) < 4.78 is 32.6. The molecule has 4 aromatic heterocycles. The lowest BCUT2D eigenvalue weighted by atomic mass is 10.1. The van der Waals surface area contributed by atoms with Crippen molar-refractivity contribution in [2.45, 2.75) is 38.0 Å². The molecule has 0 aliphatic heterocycles. The van der Waals surface area contributed by atoms with Gasteiger partial charge in [-0.2, -0.15) is 27.0 Å². The number of likely N-dealkylation sites (N-methyl/N-ethyl adjacent to an activating group) is 2. The van der Waals surface area contributed by atoms with Crippen LogP contribution in [-0.4, -0.2) is 98.3 Å². The number of aliphatic hydroxyl groups is 1. The number of nitrogens with one attached hydrogen (secondary N) is 3. The number of nitrogens with zero attached hydrogens (tertiary/aromatic N) is 9. The molecule has 8 rings (SSSR count). The van der Waals surface area contributed by atoms with E-state index in [1.165, 1.54) is 34.1 Å². The van der Waals surface area contributed by atoms with Crippen molar-refractivity contribution in [2.75, 3.05) is 32.6 Å². The Morgan fingerprint density at radius 2 is 1.13 bits per heavy atom. The summed E-state index contributed by atoms with van der Waals surface area (Å²) in [6, 6.07) is 36.5. The predicted molar refractivity (Wildman–Crippen MR) is 306 cm³/mol. The maximum Gasteiger partial charge on any atom is 0.412 e.